The molecule has 0 bridgehead atoms. The lowest BCUT2D eigenvalue weighted by Gasteiger charge is -2.12. The minimum atomic E-state index is -0.630. The molecule has 0 aliphatic heterocycles. The Morgan fingerprint density at radius 3 is 2.90 bits per heavy atom. The maximum absolute atomic E-state index is 11.1. The van der Waals surface area contributed by atoms with Crippen molar-refractivity contribution >= 4 is 17.6 Å². The molecule has 0 fully saturated rings. The molecule has 0 spiro atoms. The second kappa shape index (κ2) is 10.6. The second-order valence-corrected chi connectivity index (χ2v) is 4.93. The molecule has 1 aromatic rings. The maximum Gasteiger partial charge on any atom is 0.307 e. The van der Waals surface area contributed by atoms with Crippen LogP contribution in [0.1, 0.15) is 18.9 Å². The molecule has 1 rings (SSSR count). The summed E-state index contributed by atoms with van der Waals surface area (Å²) in [5.74, 6) is -0.241. The molecule has 1 unspecified atom stereocenters. The number of aliphatic hydroxyl groups is 1. The van der Waals surface area contributed by atoms with Crippen molar-refractivity contribution in [2.24, 2.45) is 0 Å². The normalized spacial score (nSPS) is 12.1. The highest BCUT2D eigenvalue weighted by Gasteiger charge is 2.06. The molecule has 0 heterocycles. The van der Waals surface area contributed by atoms with Gasteiger partial charge in [0.05, 0.1) is 32.3 Å². The van der Waals surface area contributed by atoms with Crippen molar-refractivity contribution in [3.05, 3.63) is 34.9 Å². The summed E-state index contributed by atoms with van der Waals surface area (Å²) in [5.41, 5.74) is 0.890. The van der Waals surface area contributed by atoms with Gasteiger partial charge < -0.3 is 19.9 Å². The molecule has 0 saturated heterocycles. The quantitative estimate of drug-likeness (QED) is 0.509. The lowest BCUT2D eigenvalue weighted by molar-refractivity contribution is -0.143. The SMILES string of the molecule is CCOC(=O)CCNCC(O)COCc1ccccc1Cl. The number of carbonyl (C=O) groups is 1. The highest BCUT2D eigenvalue weighted by Crippen LogP contribution is 2.15. The summed E-state index contributed by atoms with van der Waals surface area (Å²) in [6.45, 7) is 3.56. The van der Waals surface area contributed by atoms with Gasteiger partial charge in [0.15, 0.2) is 0 Å². The fourth-order valence-electron chi connectivity index (χ4n) is 1.67. The molecule has 1 aromatic carbocycles. The Hall–Kier alpha value is -1.14. The number of ether oxygens (including phenoxy) is 2. The van der Waals surface area contributed by atoms with Gasteiger partial charge in [-0.1, -0.05) is 29.8 Å². The summed E-state index contributed by atoms with van der Waals surface area (Å²) < 4.78 is 10.2. The summed E-state index contributed by atoms with van der Waals surface area (Å²) in [6, 6.07) is 7.42. The summed E-state index contributed by atoms with van der Waals surface area (Å²) in [7, 11) is 0. The zero-order chi connectivity index (χ0) is 15.5. The minimum Gasteiger partial charge on any atom is -0.466 e. The Labute approximate surface area is 130 Å². The number of rotatable bonds is 10. The summed E-state index contributed by atoms with van der Waals surface area (Å²) in [6.07, 6.45) is -0.337. The van der Waals surface area contributed by atoms with Crippen LogP contribution in [0.5, 0.6) is 0 Å². The Kier molecular flexibility index (Phi) is 9.01. The van der Waals surface area contributed by atoms with Gasteiger partial charge in [-0.15, -0.1) is 0 Å². The molecular formula is C15H22ClNO4. The largest absolute Gasteiger partial charge is 0.466 e. The van der Waals surface area contributed by atoms with Crippen LogP contribution >= 0.6 is 11.6 Å². The summed E-state index contributed by atoms with van der Waals surface area (Å²) >= 11 is 6.00. The van der Waals surface area contributed by atoms with Gasteiger partial charge in [0.1, 0.15) is 0 Å². The van der Waals surface area contributed by atoms with Gasteiger partial charge in [0.2, 0.25) is 0 Å². The van der Waals surface area contributed by atoms with Crippen LogP contribution in [0.2, 0.25) is 5.02 Å². The molecule has 1 atom stereocenters. The molecule has 118 valence electrons. The standard InChI is InChI=1S/C15H22ClNO4/c1-2-21-15(19)7-8-17-9-13(18)11-20-10-12-5-3-4-6-14(12)16/h3-6,13,17-18H,2,7-11H2,1H3. The fourth-order valence-corrected chi connectivity index (χ4v) is 1.86. The Morgan fingerprint density at radius 2 is 2.19 bits per heavy atom. The van der Waals surface area contributed by atoms with Crippen molar-refractivity contribution < 1.29 is 19.4 Å². The van der Waals surface area contributed by atoms with E-state index in [1.165, 1.54) is 0 Å². The zero-order valence-electron chi connectivity index (χ0n) is 12.2. The van der Waals surface area contributed by atoms with Crippen LogP contribution in [0, 0.1) is 0 Å². The van der Waals surface area contributed by atoms with Crippen molar-refractivity contribution in [3.8, 4) is 0 Å². The molecule has 0 saturated carbocycles. The third kappa shape index (κ3) is 8.02. The van der Waals surface area contributed by atoms with E-state index in [9.17, 15) is 9.90 Å². The molecule has 0 amide bonds. The average Bonchev–Trinajstić information content (AvgIpc) is 2.46. The number of hydrogen-bond acceptors (Lipinski definition) is 5. The molecule has 0 aromatic heterocycles. The van der Waals surface area contributed by atoms with E-state index < -0.39 is 6.10 Å². The number of carbonyl (C=O) groups excluding carboxylic acids is 1. The molecule has 6 heteroatoms. The smallest absolute Gasteiger partial charge is 0.307 e. The Balaban J connectivity index is 2.08. The zero-order valence-corrected chi connectivity index (χ0v) is 12.9. The van der Waals surface area contributed by atoms with Gasteiger partial charge in [-0.3, -0.25) is 4.79 Å². The summed E-state index contributed by atoms with van der Waals surface area (Å²) in [4.78, 5) is 11.1. The first-order valence-corrected chi connectivity index (χ1v) is 7.36. The highest BCUT2D eigenvalue weighted by atomic mass is 35.5. The van der Waals surface area contributed by atoms with E-state index in [-0.39, 0.29) is 12.6 Å². The first-order valence-electron chi connectivity index (χ1n) is 6.99. The predicted octanol–water partition coefficient (Wildman–Crippen LogP) is 1.76. The van der Waals surface area contributed by atoms with Crippen LogP contribution in [0.4, 0.5) is 0 Å². The van der Waals surface area contributed by atoms with Gasteiger partial charge in [-0.2, -0.15) is 0 Å². The lowest BCUT2D eigenvalue weighted by atomic mass is 10.2. The Morgan fingerprint density at radius 1 is 1.43 bits per heavy atom. The van der Waals surface area contributed by atoms with E-state index in [0.717, 1.165) is 5.56 Å². The number of halogens is 1. The Bertz CT molecular complexity index is 428. The van der Waals surface area contributed by atoms with Crippen molar-refractivity contribution in [3.63, 3.8) is 0 Å². The average molecular weight is 316 g/mol. The van der Waals surface area contributed by atoms with Crippen LogP contribution in [0.15, 0.2) is 24.3 Å². The van der Waals surface area contributed by atoms with Gasteiger partial charge >= 0.3 is 5.97 Å². The highest BCUT2D eigenvalue weighted by molar-refractivity contribution is 6.31. The third-order valence-corrected chi connectivity index (χ3v) is 3.09. The number of benzene rings is 1. The van der Waals surface area contributed by atoms with Crippen LogP contribution in [-0.4, -0.2) is 43.5 Å². The van der Waals surface area contributed by atoms with Crippen molar-refractivity contribution in [1.29, 1.82) is 0 Å². The number of hydrogen-bond donors (Lipinski definition) is 2. The minimum absolute atomic E-state index is 0.206. The number of esters is 1. The van der Waals surface area contributed by atoms with E-state index in [0.29, 0.717) is 37.7 Å². The van der Waals surface area contributed by atoms with Crippen molar-refractivity contribution in [2.75, 3.05) is 26.3 Å². The second-order valence-electron chi connectivity index (χ2n) is 4.52. The van der Waals surface area contributed by atoms with Crippen molar-refractivity contribution in [1.82, 2.24) is 5.32 Å². The van der Waals surface area contributed by atoms with Gasteiger partial charge in [0, 0.05) is 18.1 Å². The van der Waals surface area contributed by atoms with E-state index in [1.54, 1.807) is 13.0 Å². The van der Waals surface area contributed by atoms with Crippen LogP contribution in [-0.2, 0) is 20.9 Å². The maximum atomic E-state index is 11.1. The molecular weight excluding hydrogens is 294 g/mol. The summed E-state index contributed by atoms with van der Waals surface area (Å²) in [5, 5.41) is 13.4. The van der Waals surface area contributed by atoms with Gasteiger partial charge in [0.25, 0.3) is 0 Å². The number of aliphatic hydroxyl groups excluding tert-OH is 1. The molecule has 0 aliphatic rings. The molecule has 21 heavy (non-hydrogen) atoms. The molecule has 0 radical (unpaired) electrons. The first kappa shape index (κ1) is 17.9. The first-order chi connectivity index (χ1) is 10.1. The topological polar surface area (TPSA) is 67.8 Å². The van der Waals surface area contributed by atoms with Crippen LogP contribution in [0.3, 0.4) is 0 Å². The molecule has 2 N–H and O–H groups in total. The van der Waals surface area contributed by atoms with Gasteiger partial charge in [-0.05, 0) is 18.6 Å². The van der Waals surface area contributed by atoms with Crippen molar-refractivity contribution in [2.45, 2.75) is 26.1 Å². The van der Waals surface area contributed by atoms with E-state index >= 15 is 0 Å². The predicted molar refractivity (Wildman–Crippen MR) is 81.2 cm³/mol. The lowest BCUT2D eigenvalue weighted by Crippen LogP contribution is -2.31. The molecule has 0 aliphatic carbocycles. The van der Waals surface area contributed by atoms with E-state index in [1.807, 2.05) is 18.2 Å². The van der Waals surface area contributed by atoms with Crippen LogP contribution in [0.25, 0.3) is 0 Å². The molecule has 5 nitrogen and oxygen atoms in total. The van der Waals surface area contributed by atoms with Gasteiger partial charge in [-0.25, -0.2) is 0 Å². The third-order valence-electron chi connectivity index (χ3n) is 2.72. The van der Waals surface area contributed by atoms with E-state index in [4.69, 9.17) is 21.1 Å². The number of nitrogens with one attached hydrogen (secondary N) is 1. The fraction of sp³-hybridized carbons (Fsp3) is 0.533. The van der Waals surface area contributed by atoms with Crippen LogP contribution < -0.4 is 5.32 Å². The monoisotopic (exact) mass is 315 g/mol. The van der Waals surface area contributed by atoms with E-state index in [2.05, 4.69) is 5.32 Å².